The Morgan fingerprint density at radius 2 is 2.25 bits per heavy atom. The molecule has 0 bridgehead atoms. The highest BCUT2D eigenvalue weighted by atomic mass is 16.5. The largest absolute Gasteiger partial charge is 0.382 e. The Morgan fingerprint density at radius 3 is 2.95 bits per heavy atom. The first kappa shape index (κ1) is 15.0. The Morgan fingerprint density at radius 1 is 1.50 bits per heavy atom. The monoisotopic (exact) mass is 278 g/mol. The van der Waals surface area contributed by atoms with Crippen LogP contribution in [0.4, 0.5) is 0 Å². The molecule has 5 heteroatoms. The first-order chi connectivity index (χ1) is 9.70. The summed E-state index contributed by atoms with van der Waals surface area (Å²) < 4.78 is 10.6. The lowest BCUT2D eigenvalue weighted by molar-refractivity contribution is -0.142. The van der Waals surface area contributed by atoms with Crippen molar-refractivity contribution >= 4 is 5.91 Å². The Hall–Kier alpha value is -1.43. The maximum Gasteiger partial charge on any atom is 0.239 e. The lowest BCUT2D eigenvalue weighted by atomic mass is 10.1. The van der Waals surface area contributed by atoms with E-state index in [2.05, 4.69) is 0 Å². The average molecular weight is 278 g/mol. The van der Waals surface area contributed by atoms with Crippen LogP contribution < -0.4 is 5.73 Å². The predicted octanol–water partition coefficient (Wildman–Crippen LogP) is 0.430. The summed E-state index contributed by atoms with van der Waals surface area (Å²) >= 11 is 0. The molecular weight excluding hydrogens is 256 g/mol. The molecule has 2 rings (SSSR count). The molecule has 1 aliphatic heterocycles. The van der Waals surface area contributed by atoms with E-state index in [1.54, 1.807) is 12.0 Å². The summed E-state index contributed by atoms with van der Waals surface area (Å²) in [6.45, 7) is 2.19. The van der Waals surface area contributed by atoms with Gasteiger partial charge in [0.15, 0.2) is 0 Å². The highest BCUT2D eigenvalue weighted by Crippen LogP contribution is 2.09. The molecule has 5 nitrogen and oxygen atoms in total. The molecule has 20 heavy (non-hydrogen) atoms. The zero-order chi connectivity index (χ0) is 14.4. The molecular formula is C15H22N2O3. The number of rotatable bonds is 5. The highest BCUT2D eigenvalue weighted by Gasteiger charge is 2.27. The van der Waals surface area contributed by atoms with Gasteiger partial charge >= 0.3 is 0 Å². The number of benzene rings is 1. The second-order valence-electron chi connectivity index (χ2n) is 5.03. The van der Waals surface area contributed by atoms with Crippen molar-refractivity contribution in [3.8, 4) is 0 Å². The van der Waals surface area contributed by atoms with E-state index in [0.29, 0.717) is 32.7 Å². The van der Waals surface area contributed by atoms with E-state index in [9.17, 15) is 4.79 Å². The third-order valence-electron chi connectivity index (χ3n) is 3.42. The van der Waals surface area contributed by atoms with Gasteiger partial charge in [0, 0.05) is 20.2 Å². The Labute approximate surface area is 119 Å². The van der Waals surface area contributed by atoms with Crippen LogP contribution in [-0.4, -0.2) is 56.4 Å². The maximum atomic E-state index is 12.4. The molecule has 1 amide bonds. The van der Waals surface area contributed by atoms with Gasteiger partial charge in [0.25, 0.3) is 0 Å². The van der Waals surface area contributed by atoms with Crippen LogP contribution in [0.5, 0.6) is 0 Å². The van der Waals surface area contributed by atoms with E-state index in [1.165, 1.54) is 0 Å². The second kappa shape index (κ2) is 7.38. The van der Waals surface area contributed by atoms with Crippen LogP contribution in [0.2, 0.25) is 0 Å². The molecule has 110 valence electrons. The fraction of sp³-hybridized carbons (Fsp3) is 0.533. The van der Waals surface area contributed by atoms with E-state index >= 15 is 0 Å². The fourth-order valence-electron chi connectivity index (χ4n) is 2.40. The summed E-state index contributed by atoms with van der Waals surface area (Å²) in [6, 6.07) is 9.33. The minimum atomic E-state index is -0.501. The van der Waals surface area contributed by atoms with Gasteiger partial charge in [0.2, 0.25) is 5.91 Å². The van der Waals surface area contributed by atoms with Crippen LogP contribution >= 0.6 is 0 Å². The normalized spacial score (nSPS) is 20.7. The minimum absolute atomic E-state index is 0.0155. The van der Waals surface area contributed by atoms with Crippen molar-refractivity contribution < 1.29 is 14.3 Å². The number of ether oxygens (including phenoxy) is 2. The van der Waals surface area contributed by atoms with Gasteiger partial charge in [-0.25, -0.2) is 0 Å². The third-order valence-corrected chi connectivity index (χ3v) is 3.42. The smallest absolute Gasteiger partial charge is 0.239 e. The summed E-state index contributed by atoms with van der Waals surface area (Å²) in [6.07, 6.45) is 0.507. The number of methoxy groups -OCH3 is 1. The number of amides is 1. The molecule has 1 aliphatic rings. The van der Waals surface area contributed by atoms with Crippen LogP contribution in [0.15, 0.2) is 30.3 Å². The van der Waals surface area contributed by atoms with Crippen LogP contribution in [0.1, 0.15) is 5.56 Å². The number of hydrogen-bond acceptors (Lipinski definition) is 4. The Balaban J connectivity index is 1.89. The number of morpholine rings is 1. The quantitative estimate of drug-likeness (QED) is 0.848. The van der Waals surface area contributed by atoms with Crippen LogP contribution in [0.25, 0.3) is 0 Å². The molecule has 1 fully saturated rings. The molecule has 1 saturated heterocycles. The van der Waals surface area contributed by atoms with Gasteiger partial charge in [-0.15, -0.1) is 0 Å². The average Bonchev–Trinajstić information content (AvgIpc) is 2.48. The molecule has 1 aromatic rings. The third kappa shape index (κ3) is 4.03. The van der Waals surface area contributed by atoms with E-state index < -0.39 is 6.04 Å². The zero-order valence-corrected chi connectivity index (χ0v) is 11.8. The van der Waals surface area contributed by atoms with Crippen LogP contribution in [-0.2, 0) is 20.7 Å². The van der Waals surface area contributed by atoms with Gasteiger partial charge in [-0.05, 0) is 12.0 Å². The Bertz CT molecular complexity index is 422. The highest BCUT2D eigenvalue weighted by molar-refractivity contribution is 5.82. The van der Waals surface area contributed by atoms with Gasteiger partial charge in [-0.1, -0.05) is 30.3 Å². The topological polar surface area (TPSA) is 64.8 Å². The first-order valence-corrected chi connectivity index (χ1v) is 6.89. The molecule has 0 aromatic heterocycles. The summed E-state index contributed by atoms with van der Waals surface area (Å²) in [5.41, 5.74) is 7.11. The van der Waals surface area contributed by atoms with E-state index in [0.717, 1.165) is 5.56 Å². The molecule has 0 radical (unpaired) electrons. The minimum Gasteiger partial charge on any atom is -0.382 e. The van der Waals surface area contributed by atoms with Crippen molar-refractivity contribution in [3.63, 3.8) is 0 Å². The zero-order valence-electron chi connectivity index (χ0n) is 11.8. The number of nitrogens with zero attached hydrogens (tertiary/aromatic N) is 1. The molecule has 1 aromatic carbocycles. The van der Waals surface area contributed by atoms with Crippen molar-refractivity contribution in [1.29, 1.82) is 0 Å². The lowest BCUT2D eigenvalue weighted by Gasteiger charge is -2.34. The van der Waals surface area contributed by atoms with E-state index in [1.807, 2.05) is 30.3 Å². The van der Waals surface area contributed by atoms with Crippen molar-refractivity contribution in [1.82, 2.24) is 4.90 Å². The SMILES string of the molecule is COCC1CN(C(=O)C(N)Cc2ccccc2)CCO1. The lowest BCUT2D eigenvalue weighted by Crippen LogP contribution is -2.52. The van der Waals surface area contributed by atoms with Gasteiger partial charge in [-0.3, -0.25) is 4.79 Å². The summed E-state index contributed by atoms with van der Waals surface area (Å²) in [4.78, 5) is 14.1. The fourth-order valence-corrected chi connectivity index (χ4v) is 2.40. The molecule has 2 unspecified atom stereocenters. The summed E-state index contributed by atoms with van der Waals surface area (Å²) in [7, 11) is 1.63. The van der Waals surface area contributed by atoms with Gasteiger partial charge in [-0.2, -0.15) is 0 Å². The molecule has 2 N–H and O–H groups in total. The first-order valence-electron chi connectivity index (χ1n) is 6.89. The molecule has 0 spiro atoms. The van der Waals surface area contributed by atoms with Crippen LogP contribution in [0.3, 0.4) is 0 Å². The van der Waals surface area contributed by atoms with Crippen molar-refractivity contribution in [2.45, 2.75) is 18.6 Å². The predicted molar refractivity (Wildman–Crippen MR) is 76.3 cm³/mol. The standard InChI is InChI=1S/C15H22N2O3/c1-19-11-13-10-17(7-8-20-13)15(18)14(16)9-12-5-3-2-4-6-12/h2-6,13-14H,7-11,16H2,1H3. The van der Waals surface area contributed by atoms with Crippen molar-refractivity contribution in [3.05, 3.63) is 35.9 Å². The summed E-state index contributed by atoms with van der Waals surface area (Å²) in [5.74, 6) is -0.0155. The number of carbonyl (C=O) groups is 1. The van der Waals surface area contributed by atoms with E-state index in [-0.39, 0.29) is 12.0 Å². The van der Waals surface area contributed by atoms with Gasteiger partial charge in [0.05, 0.1) is 25.4 Å². The van der Waals surface area contributed by atoms with Gasteiger partial charge < -0.3 is 20.1 Å². The molecule has 1 heterocycles. The maximum absolute atomic E-state index is 12.4. The van der Waals surface area contributed by atoms with Crippen LogP contribution in [0, 0.1) is 0 Å². The van der Waals surface area contributed by atoms with E-state index in [4.69, 9.17) is 15.2 Å². The summed E-state index contributed by atoms with van der Waals surface area (Å²) in [5, 5.41) is 0. The van der Waals surface area contributed by atoms with Crippen molar-refractivity contribution in [2.24, 2.45) is 5.73 Å². The molecule has 0 saturated carbocycles. The molecule has 0 aliphatic carbocycles. The molecule has 2 atom stereocenters. The van der Waals surface area contributed by atoms with Gasteiger partial charge in [0.1, 0.15) is 0 Å². The Kier molecular flexibility index (Phi) is 5.52. The number of hydrogen-bond donors (Lipinski definition) is 1. The number of carbonyl (C=O) groups excluding carboxylic acids is 1. The van der Waals surface area contributed by atoms with Crippen molar-refractivity contribution in [2.75, 3.05) is 33.4 Å². The second-order valence-corrected chi connectivity index (χ2v) is 5.03. The number of nitrogens with two attached hydrogens (primary N) is 1.